The van der Waals surface area contributed by atoms with Crippen LogP contribution in [0.4, 0.5) is 0 Å². The van der Waals surface area contributed by atoms with Gasteiger partial charge in [-0.2, -0.15) is 0 Å². The van der Waals surface area contributed by atoms with Crippen LogP contribution in [0.3, 0.4) is 0 Å². The molecule has 1 aromatic heterocycles. The van der Waals surface area contributed by atoms with E-state index in [0.717, 1.165) is 29.1 Å². The fourth-order valence-electron chi connectivity index (χ4n) is 2.05. The average molecular weight is 323 g/mol. The first-order valence-electron chi connectivity index (χ1n) is 7.12. The Labute approximate surface area is 134 Å². The van der Waals surface area contributed by atoms with E-state index >= 15 is 0 Å². The quantitative estimate of drug-likeness (QED) is 0.861. The molecule has 0 saturated carbocycles. The van der Waals surface area contributed by atoms with E-state index in [1.807, 2.05) is 29.6 Å². The van der Waals surface area contributed by atoms with E-state index in [1.165, 1.54) is 0 Å². The number of carbonyl (C=O) groups is 1. The lowest BCUT2D eigenvalue weighted by molar-refractivity contribution is -0.121. The zero-order chi connectivity index (χ0) is 15.2. The van der Waals surface area contributed by atoms with Gasteiger partial charge in [-0.1, -0.05) is 37.6 Å². The third-order valence-corrected chi connectivity index (χ3v) is 4.53. The van der Waals surface area contributed by atoms with Gasteiger partial charge < -0.3 is 5.32 Å². The molecule has 0 aliphatic carbocycles. The van der Waals surface area contributed by atoms with Gasteiger partial charge >= 0.3 is 0 Å². The summed E-state index contributed by atoms with van der Waals surface area (Å²) in [6.45, 7) is 4.16. The van der Waals surface area contributed by atoms with Gasteiger partial charge in [0.15, 0.2) is 0 Å². The number of rotatable bonds is 6. The van der Waals surface area contributed by atoms with Gasteiger partial charge in [0.25, 0.3) is 0 Å². The van der Waals surface area contributed by atoms with Gasteiger partial charge in [-0.25, -0.2) is 4.98 Å². The molecule has 0 fully saturated rings. The van der Waals surface area contributed by atoms with E-state index in [1.54, 1.807) is 11.3 Å². The molecular weight excluding hydrogens is 304 g/mol. The minimum atomic E-state index is 0.0386. The van der Waals surface area contributed by atoms with Crippen molar-refractivity contribution in [2.75, 3.05) is 0 Å². The molecule has 0 bridgehead atoms. The number of carbonyl (C=O) groups excluding carboxylic acids is 1. The first-order valence-corrected chi connectivity index (χ1v) is 8.37. The third kappa shape index (κ3) is 4.55. The van der Waals surface area contributed by atoms with Crippen molar-refractivity contribution in [2.24, 2.45) is 0 Å². The van der Waals surface area contributed by atoms with Crippen molar-refractivity contribution in [3.05, 3.63) is 40.4 Å². The van der Waals surface area contributed by atoms with Crippen molar-refractivity contribution in [2.45, 2.75) is 39.2 Å². The molecule has 1 heterocycles. The summed E-state index contributed by atoms with van der Waals surface area (Å²) >= 11 is 7.43. The number of aromatic nitrogens is 1. The summed E-state index contributed by atoms with van der Waals surface area (Å²) in [6, 6.07) is 7.83. The summed E-state index contributed by atoms with van der Waals surface area (Å²) in [6.07, 6.45) is 2.24. The van der Waals surface area contributed by atoms with Crippen LogP contribution >= 0.6 is 22.9 Å². The molecule has 0 unspecified atom stereocenters. The standard InChI is InChI=1S/C16H19ClN2OS/c1-3-13(4-2)18-15(20)9-14-10-21-16(19-14)11-5-7-12(17)8-6-11/h5-8,10,13H,3-4,9H2,1-2H3,(H,18,20). The molecule has 1 amide bonds. The molecule has 2 aromatic rings. The molecule has 21 heavy (non-hydrogen) atoms. The van der Waals surface area contributed by atoms with Gasteiger partial charge in [0.05, 0.1) is 12.1 Å². The molecule has 0 saturated heterocycles. The molecule has 0 aliphatic rings. The van der Waals surface area contributed by atoms with Gasteiger partial charge in [-0.05, 0) is 25.0 Å². The first kappa shape index (κ1) is 16.0. The highest BCUT2D eigenvalue weighted by Crippen LogP contribution is 2.25. The van der Waals surface area contributed by atoms with Gasteiger partial charge in [0.2, 0.25) is 5.91 Å². The van der Waals surface area contributed by atoms with Crippen LogP contribution in [-0.4, -0.2) is 16.9 Å². The Kier molecular flexibility index (Phi) is 5.76. The maximum Gasteiger partial charge on any atom is 0.226 e. The van der Waals surface area contributed by atoms with Gasteiger partial charge in [-0.15, -0.1) is 11.3 Å². The van der Waals surface area contributed by atoms with E-state index in [4.69, 9.17) is 11.6 Å². The Morgan fingerprint density at radius 1 is 1.29 bits per heavy atom. The molecule has 3 nitrogen and oxygen atoms in total. The lowest BCUT2D eigenvalue weighted by atomic mass is 10.1. The van der Waals surface area contributed by atoms with Crippen molar-refractivity contribution in [3.63, 3.8) is 0 Å². The number of benzene rings is 1. The van der Waals surface area contributed by atoms with Crippen LogP contribution in [0, 0.1) is 0 Å². The maximum absolute atomic E-state index is 12.0. The molecule has 112 valence electrons. The van der Waals surface area contributed by atoms with Crippen LogP contribution in [0.5, 0.6) is 0 Å². The summed E-state index contributed by atoms with van der Waals surface area (Å²) in [4.78, 5) is 16.5. The average Bonchev–Trinajstić information content (AvgIpc) is 2.94. The van der Waals surface area contributed by atoms with E-state index in [0.29, 0.717) is 11.4 Å². The van der Waals surface area contributed by atoms with Crippen LogP contribution in [0.1, 0.15) is 32.4 Å². The lowest BCUT2D eigenvalue weighted by Crippen LogP contribution is -2.34. The summed E-state index contributed by atoms with van der Waals surface area (Å²) in [5, 5.41) is 6.59. The van der Waals surface area contributed by atoms with E-state index in [9.17, 15) is 4.79 Å². The topological polar surface area (TPSA) is 42.0 Å². The smallest absolute Gasteiger partial charge is 0.226 e. The second kappa shape index (κ2) is 7.57. The van der Waals surface area contributed by atoms with Crippen LogP contribution in [0.25, 0.3) is 10.6 Å². The fraction of sp³-hybridized carbons (Fsp3) is 0.375. The Bertz CT molecular complexity index is 591. The van der Waals surface area contributed by atoms with E-state index in [-0.39, 0.29) is 11.9 Å². The Hall–Kier alpha value is -1.39. The summed E-state index contributed by atoms with van der Waals surface area (Å²) in [7, 11) is 0. The van der Waals surface area contributed by atoms with Gasteiger partial charge in [-0.3, -0.25) is 4.79 Å². The number of hydrogen-bond donors (Lipinski definition) is 1. The number of amides is 1. The summed E-state index contributed by atoms with van der Waals surface area (Å²) < 4.78 is 0. The minimum Gasteiger partial charge on any atom is -0.353 e. The van der Waals surface area contributed by atoms with Crippen LogP contribution < -0.4 is 5.32 Å². The fourth-order valence-corrected chi connectivity index (χ4v) is 3.00. The molecule has 0 radical (unpaired) electrons. The molecule has 0 atom stereocenters. The molecular formula is C16H19ClN2OS. The SMILES string of the molecule is CCC(CC)NC(=O)Cc1csc(-c2ccc(Cl)cc2)n1. The Balaban J connectivity index is 2.00. The van der Waals surface area contributed by atoms with Crippen molar-refractivity contribution in [1.29, 1.82) is 0 Å². The predicted octanol–water partition coefficient (Wildman–Crippen LogP) is 4.31. The number of hydrogen-bond acceptors (Lipinski definition) is 3. The summed E-state index contributed by atoms with van der Waals surface area (Å²) in [5.74, 6) is 0.0386. The molecule has 0 aliphatic heterocycles. The number of halogens is 1. The Morgan fingerprint density at radius 3 is 2.57 bits per heavy atom. The Morgan fingerprint density at radius 2 is 1.95 bits per heavy atom. The van der Waals surface area contributed by atoms with Crippen LogP contribution in [0.15, 0.2) is 29.6 Å². The zero-order valence-corrected chi connectivity index (χ0v) is 13.8. The van der Waals surface area contributed by atoms with Crippen LogP contribution in [0.2, 0.25) is 5.02 Å². The highest BCUT2D eigenvalue weighted by atomic mass is 35.5. The molecule has 1 aromatic carbocycles. The zero-order valence-electron chi connectivity index (χ0n) is 12.2. The maximum atomic E-state index is 12.0. The van der Waals surface area contributed by atoms with Crippen molar-refractivity contribution in [1.82, 2.24) is 10.3 Å². The minimum absolute atomic E-state index is 0.0386. The highest BCUT2D eigenvalue weighted by molar-refractivity contribution is 7.13. The highest BCUT2D eigenvalue weighted by Gasteiger charge is 2.12. The number of nitrogens with one attached hydrogen (secondary N) is 1. The van der Waals surface area contributed by atoms with Crippen molar-refractivity contribution < 1.29 is 4.79 Å². The molecule has 2 rings (SSSR count). The monoisotopic (exact) mass is 322 g/mol. The van der Waals surface area contributed by atoms with Gasteiger partial charge in [0.1, 0.15) is 5.01 Å². The van der Waals surface area contributed by atoms with Crippen molar-refractivity contribution in [3.8, 4) is 10.6 Å². The molecule has 5 heteroatoms. The largest absolute Gasteiger partial charge is 0.353 e. The van der Waals surface area contributed by atoms with Crippen LogP contribution in [-0.2, 0) is 11.2 Å². The lowest BCUT2D eigenvalue weighted by Gasteiger charge is -2.13. The second-order valence-electron chi connectivity index (χ2n) is 4.91. The third-order valence-electron chi connectivity index (χ3n) is 3.34. The summed E-state index contributed by atoms with van der Waals surface area (Å²) in [5.41, 5.74) is 1.84. The normalized spacial score (nSPS) is 10.9. The molecule has 0 spiro atoms. The van der Waals surface area contributed by atoms with E-state index in [2.05, 4.69) is 24.1 Å². The van der Waals surface area contributed by atoms with Crippen molar-refractivity contribution >= 4 is 28.8 Å². The number of thiazole rings is 1. The molecule has 1 N–H and O–H groups in total. The number of nitrogens with zero attached hydrogens (tertiary/aromatic N) is 1. The second-order valence-corrected chi connectivity index (χ2v) is 6.20. The first-order chi connectivity index (χ1) is 10.1. The van der Waals surface area contributed by atoms with E-state index < -0.39 is 0 Å². The predicted molar refractivity (Wildman–Crippen MR) is 88.8 cm³/mol. The van der Waals surface area contributed by atoms with Gasteiger partial charge in [0, 0.05) is 22.0 Å².